The van der Waals surface area contributed by atoms with Gasteiger partial charge in [-0.25, -0.2) is 13.7 Å². The molecule has 0 saturated heterocycles. The van der Waals surface area contributed by atoms with Crippen molar-refractivity contribution in [2.45, 2.75) is 13.8 Å². The lowest BCUT2D eigenvalue weighted by Crippen LogP contribution is -2.31. The Hall–Kier alpha value is -3.02. The van der Waals surface area contributed by atoms with Crippen LogP contribution >= 0.6 is 0 Å². The van der Waals surface area contributed by atoms with Crippen LogP contribution in [0.3, 0.4) is 0 Å². The van der Waals surface area contributed by atoms with E-state index in [9.17, 15) is 23.5 Å². The first-order valence-electron chi connectivity index (χ1n) is 7.16. The standard InChI is InChI=1S/C18H13F2NO3/c1-9-3-4-11(7-10(9)2)15-16(22)18(24)21(17(15)23)12-5-6-13(19)14(20)8-12/h3-8,22H,1-2H3. The summed E-state index contributed by atoms with van der Waals surface area (Å²) < 4.78 is 26.5. The van der Waals surface area contributed by atoms with Gasteiger partial charge in [0.1, 0.15) is 0 Å². The van der Waals surface area contributed by atoms with Crippen molar-refractivity contribution in [3.8, 4) is 0 Å². The number of aliphatic hydroxyl groups is 1. The molecule has 24 heavy (non-hydrogen) atoms. The smallest absolute Gasteiger partial charge is 0.301 e. The number of benzene rings is 2. The van der Waals surface area contributed by atoms with E-state index in [4.69, 9.17) is 0 Å². The average Bonchev–Trinajstić information content (AvgIpc) is 2.75. The molecule has 1 aliphatic heterocycles. The number of rotatable bonds is 2. The normalized spacial score (nSPS) is 14.8. The van der Waals surface area contributed by atoms with E-state index in [1.54, 1.807) is 18.2 Å². The van der Waals surface area contributed by atoms with Crippen molar-refractivity contribution in [2.75, 3.05) is 4.90 Å². The SMILES string of the molecule is Cc1ccc(C2=C(O)C(=O)N(c3ccc(F)c(F)c3)C2=O)cc1C. The summed E-state index contributed by atoms with van der Waals surface area (Å²) in [6.07, 6.45) is 0. The maximum Gasteiger partial charge on any atom is 0.301 e. The number of carbonyl (C=O) groups is 2. The molecule has 1 N–H and O–H groups in total. The van der Waals surface area contributed by atoms with Crippen LogP contribution in [0.4, 0.5) is 14.5 Å². The number of aliphatic hydroxyl groups excluding tert-OH is 1. The summed E-state index contributed by atoms with van der Waals surface area (Å²) in [6, 6.07) is 7.72. The molecule has 0 atom stereocenters. The van der Waals surface area contributed by atoms with E-state index in [-0.39, 0.29) is 11.3 Å². The lowest BCUT2D eigenvalue weighted by molar-refractivity contribution is -0.121. The highest BCUT2D eigenvalue weighted by atomic mass is 19.2. The number of halogens is 2. The molecule has 0 aromatic heterocycles. The second kappa shape index (κ2) is 5.56. The van der Waals surface area contributed by atoms with Gasteiger partial charge in [-0.2, -0.15) is 0 Å². The highest BCUT2D eigenvalue weighted by Gasteiger charge is 2.40. The van der Waals surface area contributed by atoms with Crippen molar-refractivity contribution < 1.29 is 23.5 Å². The van der Waals surface area contributed by atoms with Gasteiger partial charge in [-0.3, -0.25) is 9.59 Å². The van der Waals surface area contributed by atoms with E-state index in [0.29, 0.717) is 10.5 Å². The first kappa shape index (κ1) is 15.9. The van der Waals surface area contributed by atoms with Crippen molar-refractivity contribution in [1.82, 2.24) is 0 Å². The minimum Gasteiger partial charge on any atom is -0.502 e. The van der Waals surface area contributed by atoms with Gasteiger partial charge in [0.25, 0.3) is 5.91 Å². The molecular weight excluding hydrogens is 316 g/mol. The van der Waals surface area contributed by atoms with Crippen LogP contribution in [0.1, 0.15) is 16.7 Å². The van der Waals surface area contributed by atoms with E-state index in [1.165, 1.54) is 0 Å². The summed E-state index contributed by atoms with van der Waals surface area (Å²) in [5, 5.41) is 10.1. The number of hydrogen-bond donors (Lipinski definition) is 1. The molecule has 0 spiro atoms. The lowest BCUT2D eigenvalue weighted by Gasteiger charge is -2.15. The summed E-state index contributed by atoms with van der Waals surface area (Å²) >= 11 is 0. The summed E-state index contributed by atoms with van der Waals surface area (Å²) in [5.41, 5.74) is 1.97. The van der Waals surface area contributed by atoms with Gasteiger partial charge in [0.05, 0.1) is 11.3 Å². The Morgan fingerprint density at radius 2 is 1.58 bits per heavy atom. The monoisotopic (exact) mass is 329 g/mol. The predicted molar refractivity (Wildman–Crippen MR) is 84.3 cm³/mol. The van der Waals surface area contributed by atoms with Gasteiger partial charge in [0, 0.05) is 6.07 Å². The molecule has 0 bridgehead atoms. The van der Waals surface area contributed by atoms with E-state index < -0.39 is 29.2 Å². The molecule has 2 aromatic rings. The van der Waals surface area contributed by atoms with E-state index in [1.807, 2.05) is 13.8 Å². The second-order valence-electron chi connectivity index (χ2n) is 5.57. The van der Waals surface area contributed by atoms with Gasteiger partial charge in [0.15, 0.2) is 17.4 Å². The molecule has 0 saturated carbocycles. The molecule has 3 rings (SSSR count). The Labute approximate surface area is 136 Å². The number of aryl methyl sites for hydroxylation is 2. The molecule has 2 aromatic carbocycles. The Morgan fingerprint density at radius 1 is 0.875 bits per heavy atom. The fraction of sp³-hybridized carbons (Fsp3) is 0.111. The maximum atomic E-state index is 13.4. The van der Waals surface area contributed by atoms with Gasteiger partial charge in [-0.05, 0) is 42.7 Å². The van der Waals surface area contributed by atoms with Gasteiger partial charge < -0.3 is 5.11 Å². The fourth-order valence-electron chi connectivity index (χ4n) is 2.53. The molecule has 0 unspecified atom stereocenters. The van der Waals surface area contributed by atoms with E-state index in [2.05, 4.69) is 0 Å². The minimum atomic E-state index is -1.19. The highest BCUT2D eigenvalue weighted by molar-refractivity contribution is 6.44. The number of nitrogens with zero attached hydrogens (tertiary/aromatic N) is 1. The first-order valence-corrected chi connectivity index (χ1v) is 7.16. The number of imide groups is 1. The number of amides is 2. The quantitative estimate of drug-likeness (QED) is 0.859. The van der Waals surface area contributed by atoms with E-state index >= 15 is 0 Å². The van der Waals surface area contributed by atoms with Crippen LogP contribution in [-0.4, -0.2) is 16.9 Å². The number of carbonyl (C=O) groups excluding carboxylic acids is 2. The molecule has 0 radical (unpaired) electrons. The largest absolute Gasteiger partial charge is 0.502 e. The summed E-state index contributed by atoms with van der Waals surface area (Å²) in [4.78, 5) is 25.4. The van der Waals surface area contributed by atoms with Crippen LogP contribution in [0.15, 0.2) is 42.2 Å². The third-order valence-electron chi connectivity index (χ3n) is 4.02. The van der Waals surface area contributed by atoms with Crippen molar-refractivity contribution in [1.29, 1.82) is 0 Å². The lowest BCUT2D eigenvalue weighted by atomic mass is 10.00. The van der Waals surface area contributed by atoms with Crippen molar-refractivity contribution in [3.63, 3.8) is 0 Å². The molecule has 1 heterocycles. The van der Waals surface area contributed by atoms with Gasteiger partial charge >= 0.3 is 5.91 Å². The molecule has 122 valence electrons. The zero-order valence-corrected chi connectivity index (χ0v) is 12.9. The van der Waals surface area contributed by atoms with Crippen LogP contribution in [0.2, 0.25) is 0 Å². The summed E-state index contributed by atoms with van der Waals surface area (Å²) in [6.45, 7) is 3.73. The fourth-order valence-corrected chi connectivity index (χ4v) is 2.53. The zero-order chi connectivity index (χ0) is 17.6. The molecule has 4 nitrogen and oxygen atoms in total. The average molecular weight is 329 g/mol. The van der Waals surface area contributed by atoms with Crippen LogP contribution in [0, 0.1) is 25.5 Å². The number of anilines is 1. The first-order chi connectivity index (χ1) is 11.3. The van der Waals surface area contributed by atoms with Gasteiger partial charge in [-0.15, -0.1) is 0 Å². The van der Waals surface area contributed by atoms with Crippen LogP contribution in [0.25, 0.3) is 5.57 Å². The van der Waals surface area contributed by atoms with Crippen molar-refractivity contribution in [3.05, 3.63) is 70.5 Å². The van der Waals surface area contributed by atoms with Gasteiger partial charge in [0.2, 0.25) is 0 Å². The Morgan fingerprint density at radius 3 is 2.21 bits per heavy atom. The van der Waals surface area contributed by atoms with Crippen LogP contribution < -0.4 is 4.90 Å². The Kier molecular flexibility index (Phi) is 3.67. The second-order valence-corrected chi connectivity index (χ2v) is 5.57. The Bertz CT molecular complexity index is 918. The topological polar surface area (TPSA) is 57.6 Å². The van der Waals surface area contributed by atoms with Crippen LogP contribution in [-0.2, 0) is 9.59 Å². The van der Waals surface area contributed by atoms with Crippen LogP contribution in [0.5, 0.6) is 0 Å². The molecule has 0 aliphatic carbocycles. The summed E-state index contributed by atoms with van der Waals surface area (Å²) in [5.74, 6) is -4.75. The molecule has 1 aliphatic rings. The zero-order valence-electron chi connectivity index (χ0n) is 12.9. The van der Waals surface area contributed by atoms with Crippen molar-refractivity contribution in [2.24, 2.45) is 0 Å². The third kappa shape index (κ3) is 2.36. The summed E-state index contributed by atoms with van der Waals surface area (Å²) in [7, 11) is 0. The van der Waals surface area contributed by atoms with E-state index in [0.717, 1.165) is 29.3 Å². The predicted octanol–water partition coefficient (Wildman–Crippen LogP) is 3.42. The molecule has 6 heteroatoms. The highest BCUT2D eigenvalue weighted by Crippen LogP contribution is 2.33. The molecular formula is C18H13F2NO3. The minimum absolute atomic E-state index is 0.144. The number of hydrogen-bond acceptors (Lipinski definition) is 3. The third-order valence-corrected chi connectivity index (χ3v) is 4.02. The van der Waals surface area contributed by atoms with Crippen molar-refractivity contribution >= 4 is 23.1 Å². The molecule has 2 amide bonds. The van der Waals surface area contributed by atoms with Gasteiger partial charge in [-0.1, -0.05) is 18.2 Å². The Balaban J connectivity index is 2.07. The maximum absolute atomic E-state index is 13.4. The molecule has 0 fully saturated rings.